The first-order valence-corrected chi connectivity index (χ1v) is 6.67. The minimum Gasteiger partial charge on any atom is -0.384 e. The first kappa shape index (κ1) is 15.2. The van der Waals surface area contributed by atoms with E-state index in [1.54, 1.807) is 12.1 Å². The van der Waals surface area contributed by atoms with Gasteiger partial charge in [-0.3, -0.25) is 0 Å². The molecule has 1 aromatic heterocycles. The van der Waals surface area contributed by atoms with Crippen LogP contribution in [0, 0.1) is 0 Å². The molecule has 2 rings (SSSR count). The molecule has 0 bridgehead atoms. The summed E-state index contributed by atoms with van der Waals surface area (Å²) in [5, 5.41) is 0.800. The number of alkyl halides is 3. The molecule has 1 heterocycles. The van der Waals surface area contributed by atoms with Crippen LogP contribution in [0.1, 0.15) is 5.82 Å². The first-order chi connectivity index (χ1) is 9.25. The van der Waals surface area contributed by atoms with Gasteiger partial charge in [-0.2, -0.15) is 13.2 Å². The summed E-state index contributed by atoms with van der Waals surface area (Å²) in [6, 6.07) is 5.88. The van der Waals surface area contributed by atoms with E-state index in [9.17, 15) is 13.2 Å². The van der Waals surface area contributed by atoms with Crippen LogP contribution in [0.15, 0.2) is 34.2 Å². The van der Waals surface area contributed by atoms with Crippen molar-refractivity contribution in [3.63, 3.8) is 0 Å². The van der Waals surface area contributed by atoms with Crippen LogP contribution >= 0.6 is 35.0 Å². The predicted octanol–water partition coefficient (Wildman–Crippen LogP) is 4.54. The molecule has 3 nitrogen and oxygen atoms in total. The number of hydrogen-bond acceptors (Lipinski definition) is 4. The van der Waals surface area contributed by atoms with Gasteiger partial charge in [0.1, 0.15) is 10.8 Å². The van der Waals surface area contributed by atoms with Gasteiger partial charge in [-0.05, 0) is 18.2 Å². The molecule has 0 atom stereocenters. The van der Waals surface area contributed by atoms with Crippen molar-refractivity contribution in [3.05, 3.63) is 40.1 Å². The second kappa shape index (κ2) is 5.67. The average Bonchev–Trinajstić information content (AvgIpc) is 2.32. The fourth-order valence-electron chi connectivity index (χ4n) is 1.29. The van der Waals surface area contributed by atoms with E-state index >= 15 is 0 Å². The molecule has 0 fully saturated rings. The zero-order chi connectivity index (χ0) is 14.9. The van der Waals surface area contributed by atoms with Gasteiger partial charge in [-0.1, -0.05) is 35.0 Å². The van der Waals surface area contributed by atoms with Crippen LogP contribution < -0.4 is 5.73 Å². The van der Waals surface area contributed by atoms with E-state index in [4.69, 9.17) is 28.9 Å². The average molecular weight is 340 g/mol. The van der Waals surface area contributed by atoms with Crippen LogP contribution in [0.5, 0.6) is 0 Å². The Balaban J connectivity index is 2.39. The minimum atomic E-state index is -4.66. The van der Waals surface area contributed by atoms with Crippen LogP contribution in [0.3, 0.4) is 0 Å². The Bertz CT molecular complexity index is 649. The van der Waals surface area contributed by atoms with Crippen LogP contribution in [0.4, 0.5) is 19.0 Å². The Morgan fingerprint density at radius 1 is 1.10 bits per heavy atom. The number of aromatic nitrogens is 2. The summed E-state index contributed by atoms with van der Waals surface area (Å²) in [7, 11) is 0. The van der Waals surface area contributed by atoms with E-state index < -0.39 is 12.0 Å². The van der Waals surface area contributed by atoms with Crippen molar-refractivity contribution in [1.82, 2.24) is 9.97 Å². The summed E-state index contributed by atoms with van der Waals surface area (Å²) in [5.41, 5.74) is 5.35. The molecular weight excluding hydrogens is 334 g/mol. The molecule has 0 saturated heterocycles. The normalized spacial score (nSPS) is 11.7. The highest BCUT2D eigenvalue weighted by Crippen LogP contribution is 2.36. The van der Waals surface area contributed by atoms with Crippen molar-refractivity contribution in [1.29, 1.82) is 0 Å². The summed E-state index contributed by atoms with van der Waals surface area (Å²) in [6.45, 7) is 0. The van der Waals surface area contributed by atoms with E-state index in [-0.39, 0.29) is 10.8 Å². The van der Waals surface area contributed by atoms with Crippen LogP contribution in [0.2, 0.25) is 10.0 Å². The summed E-state index contributed by atoms with van der Waals surface area (Å²) < 4.78 is 37.8. The van der Waals surface area contributed by atoms with Crippen molar-refractivity contribution in [2.24, 2.45) is 0 Å². The summed E-state index contributed by atoms with van der Waals surface area (Å²) >= 11 is 12.7. The Hall–Kier alpha value is -1.18. The Kier molecular flexibility index (Phi) is 4.31. The van der Waals surface area contributed by atoms with Gasteiger partial charge in [0.15, 0.2) is 0 Å². The van der Waals surface area contributed by atoms with Crippen LogP contribution in [0.25, 0.3) is 0 Å². The molecule has 0 aliphatic carbocycles. The SMILES string of the molecule is Nc1cc(Sc2cc(Cl)ccc2Cl)nc(C(F)(F)F)n1. The molecule has 20 heavy (non-hydrogen) atoms. The van der Waals surface area contributed by atoms with Gasteiger partial charge in [0.05, 0.1) is 5.02 Å². The van der Waals surface area contributed by atoms with Gasteiger partial charge in [0, 0.05) is 16.0 Å². The van der Waals surface area contributed by atoms with Gasteiger partial charge in [-0.25, -0.2) is 9.97 Å². The van der Waals surface area contributed by atoms with Crippen molar-refractivity contribution in [3.8, 4) is 0 Å². The van der Waals surface area contributed by atoms with Crippen molar-refractivity contribution in [2.45, 2.75) is 16.1 Å². The third kappa shape index (κ3) is 3.68. The van der Waals surface area contributed by atoms with E-state index in [1.165, 1.54) is 12.1 Å². The van der Waals surface area contributed by atoms with Gasteiger partial charge in [0.2, 0.25) is 5.82 Å². The van der Waals surface area contributed by atoms with E-state index in [2.05, 4.69) is 9.97 Å². The topological polar surface area (TPSA) is 51.8 Å². The molecule has 106 valence electrons. The maximum atomic E-state index is 12.6. The molecule has 2 aromatic rings. The lowest BCUT2D eigenvalue weighted by Crippen LogP contribution is -2.12. The second-order valence-electron chi connectivity index (χ2n) is 3.63. The molecule has 1 aromatic carbocycles. The standard InChI is InChI=1S/C11H6Cl2F3N3S/c12-5-1-2-6(13)7(3-5)20-9-4-8(17)18-10(19-9)11(14,15)16/h1-4H,(H2,17,18,19). The minimum absolute atomic E-state index is 0.0361. The highest BCUT2D eigenvalue weighted by molar-refractivity contribution is 7.99. The monoisotopic (exact) mass is 339 g/mol. The number of benzene rings is 1. The number of nitrogens with two attached hydrogens (primary N) is 1. The molecule has 2 N–H and O–H groups in total. The molecule has 0 saturated carbocycles. The Morgan fingerprint density at radius 2 is 1.80 bits per heavy atom. The Labute approximate surface area is 126 Å². The summed E-state index contributed by atoms with van der Waals surface area (Å²) in [5.74, 6) is -1.56. The molecule has 0 spiro atoms. The number of nitrogen functional groups attached to an aromatic ring is 1. The van der Waals surface area contributed by atoms with E-state index in [1.807, 2.05) is 0 Å². The van der Waals surface area contributed by atoms with E-state index in [0.29, 0.717) is 14.9 Å². The summed E-state index contributed by atoms with van der Waals surface area (Å²) in [4.78, 5) is 7.05. The van der Waals surface area contributed by atoms with Crippen molar-refractivity contribution >= 4 is 40.8 Å². The van der Waals surface area contributed by atoms with Crippen LogP contribution in [-0.2, 0) is 6.18 Å². The molecule has 9 heteroatoms. The van der Waals surface area contributed by atoms with Crippen LogP contribution in [-0.4, -0.2) is 9.97 Å². The molecule has 0 unspecified atom stereocenters. The lowest BCUT2D eigenvalue weighted by molar-refractivity contribution is -0.145. The molecule has 0 aliphatic heterocycles. The fraction of sp³-hybridized carbons (Fsp3) is 0.0909. The number of rotatable bonds is 2. The summed E-state index contributed by atoms with van der Waals surface area (Å²) in [6.07, 6.45) is -4.66. The van der Waals surface area contributed by atoms with Crippen molar-refractivity contribution < 1.29 is 13.2 Å². The highest BCUT2D eigenvalue weighted by Gasteiger charge is 2.35. The third-order valence-electron chi connectivity index (χ3n) is 2.08. The number of nitrogens with zero attached hydrogens (tertiary/aromatic N) is 2. The number of halogens is 5. The van der Waals surface area contributed by atoms with Gasteiger partial charge < -0.3 is 5.73 Å². The van der Waals surface area contributed by atoms with Gasteiger partial charge in [-0.15, -0.1) is 0 Å². The Morgan fingerprint density at radius 3 is 2.45 bits per heavy atom. The fourth-order valence-corrected chi connectivity index (χ4v) is 2.65. The third-order valence-corrected chi connectivity index (χ3v) is 3.74. The van der Waals surface area contributed by atoms with E-state index in [0.717, 1.165) is 11.8 Å². The van der Waals surface area contributed by atoms with Gasteiger partial charge in [0.25, 0.3) is 0 Å². The zero-order valence-corrected chi connectivity index (χ0v) is 11.9. The molecule has 0 aliphatic rings. The largest absolute Gasteiger partial charge is 0.451 e. The number of anilines is 1. The lowest BCUT2D eigenvalue weighted by Gasteiger charge is -2.09. The molecule has 0 amide bonds. The van der Waals surface area contributed by atoms with Gasteiger partial charge >= 0.3 is 6.18 Å². The highest BCUT2D eigenvalue weighted by atomic mass is 35.5. The maximum absolute atomic E-state index is 12.6. The predicted molar refractivity (Wildman–Crippen MR) is 72.0 cm³/mol. The lowest BCUT2D eigenvalue weighted by atomic mass is 10.4. The quantitative estimate of drug-likeness (QED) is 0.816. The maximum Gasteiger partial charge on any atom is 0.451 e. The zero-order valence-electron chi connectivity index (χ0n) is 9.58. The van der Waals surface area contributed by atoms with Crippen molar-refractivity contribution in [2.75, 3.05) is 5.73 Å². The first-order valence-electron chi connectivity index (χ1n) is 5.10. The smallest absolute Gasteiger partial charge is 0.384 e. The molecule has 0 radical (unpaired) electrons. The number of hydrogen-bond donors (Lipinski definition) is 1. The molecular formula is C11H6Cl2F3N3S. The second-order valence-corrected chi connectivity index (χ2v) is 5.54.